The van der Waals surface area contributed by atoms with Gasteiger partial charge in [-0.2, -0.15) is 0 Å². The minimum absolute atomic E-state index is 0.0365. The van der Waals surface area contributed by atoms with E-state index in [0.717, 1.165) is 25.7 Å². The maximum atomic E-state index is 13.5. The Morgan fingerprint density at radius 1 is 1.26 bits per heavy atom. The van der Waals surface area contributed by atoms with E-state index in [1.807, 2.05) is 0 Å². The van der Waals surface area contributed by atoms with Crippen LogP contribution in [-0.4, -0.2) is 40.8 Å². The molecule has 0 aromatic carbocycles. The average Bonchev–Trinajstić information content (AvgIpc) is 3.27. The fraction of sp³-hybridized carbons (Fsp3) is 0.909. The maximum absolute atomic E-state index is 13.5. The van der Waals surface area contributed by atoms with Gasteiger partial charge in [-0.15, -0.1) is 0 Å². The smallest absolute Gasteiger partial charge is 0.302 e. The first-order valence-electron chi connectivity index (χ1n) is 10.6. The van der Waals surface area contributed by atoms with Gasteiger partial charge in [0.1, 0.15) is 17.5 Å². The van der Waals surface area contributed by atoms with E-state index in [1.54, 1.807) is 0 Å². The predicted octanol–water partition coefficient (Wildman–Crippen LogP) is 2.88. The van der Waals surface area contributed by atoms with Crippen LogP contribution < -0.4 is 0 Å². The van der Waals surface area contributed by atoms with Crippen molar-refractivity contribution in [2.45, 2.75) is 90.6 Å². The summed E-state index contributed by atoms with van der Waals surface area (Å²) in [5, 5.41) is 11.4. The number of hydrogen-bond donors (Lipinski definition) is 1. The molecule has 9 atom stereocenters. The lowest BCUT2D eigenvalue weighted by molar-refractivity contribution is -0.243. The number of aliphatic hydroxyl groups is 1. The van der Waals surface area contributed by atoms with Crippen LogP contribution in [0.4, 0.5) is 0 Å². The van der Waals surface area contributed by atoms with Crippen LogP contribution in [0.2, 0.25) is 0 Å². The van der Waals surface area contributed by atoms with E-state index in [1.165, 1.54) is 6.92 Å². The number of epoxide rings is 1. The number of aliphatic hydroxyl groups excluding tert-OH is 1. The fourth-order valence-electron chi connectivity index (χ4n) is 8.64. The number of carbonyl (C=O) groups is 2. The van der Waals surface area contributed by atoms with Crippen molar-refractivity contribution in [3.05, 3.63) is 0 Å². The molecule has 0 radical (unpaired) electrons. The van der Waals surface area contributed by atoms with E-state index in [4.69, 9.17) is 9.47 Å². The Hall–Kier alpha value is -0.940. The zero-order valence-electron chi connectivity index (χ0n) is 17.1. The van der Waals surface area contributed by atoms with Crippen molar-refractivity contribution in [1.29, 1.82) is 0 Å². The average molecular weight is 376 g/mol. The highest BCUT2D eigenvalue weighted by atomic mass is 16.6. The molecule has 5 heteroatoms. The maximum Gasteiger partial charge on any atom is 0.302 e. The van der Waals surface area contributed by atoms with Gasteiger partial charge in [0.2, 0.25) is 0 Å². The summed E-state index contributed by atoms with van der Waals surface area (Å²) in [5.74, 6) is 0.320. The molecule has 150 valence electrons. The van der Waals surface area contributed by atoms with Crippen molar-refractivity contribution in [2.75, 3.05) is 0 Å². The fourth-order valence-corrected chi connectivity index (χ4v) is 8.64. The molecule has 1 saturated heterocycles. The van der Waals surface area contributed by atoms with Crippen molar-refractivity contribution in [1.82, 2.24) is 0 Å². The Bertz CT molecular complexity index is 730. The summed E-state index contributed by atoms with van der Waals surface area (Å²) in [5.41, 5.74) is -1.84. The quantitative estimate of drug-likeness (QED) is 0.562. The molecule has 1 heterocycles. The van der Waals surface area contributed by atoms with Gasteiger partial charge in [0.15, 0.2) is 0 Å². The molecule has 0 aromatic rings. The highest BCUT2D eigenvalue weighted by molar-refractivity contribution is 5.92. The lowest BCUT2D eigenvalue weighted by atomic mass is 9.39. The van der Waals surface area contributed by atoms with Crippen LogP contribution in [0, 0.1) is 34.0 Å². The largest absolute Gasteiger partial charge is 0.462 e. The van der Waals surface area contributed by atoms with Gasteiger partial charge in [0.25, 0.3) is 0 Å². The molecule has 5 rings (SSSR count). The summed E-state index contributed by atoms with van der Waals surface area (Å²) in [6.45, 7) is 10.1. The van der Waals surface area contributed by atoms with E-state index in [0.29, 0.717) is 12.3 Å². The van der Waals surface area contributed by atoms with Crippen molar-refractivity contribution in [2.24, 2.45) is 34.0 Å². The Morgan fingerprint density at radius 2 is 1.96 bits per heavy atom. The van der Waals surface area contributed by atoms with E-state index >= 15 is 0 Å². The number of rotatable bonds is 1. The summed E-state index contributed by atoms with van der Waals surface area (Å²) in [4.78, 5) is 25.5. The minimum atomic E-state index is -0.615. The third-order valence-electron chi connectivity index (χ3n) is 9.41. The molecule has 27 heavy (non-hydrogen) atoms. The monoisotopic (exact) mass is 376 g/mol. The molecule has 1 aliphatic heterocycles. The molecule has 2 bridgehead atoms. The Balaban J connectivity index is 1.71. The SMILES string of the molecule is CC(=O)O[C@H]1CCC(C)(C)[C@H]2[C@@H](O)C[C@@]34C[C@@H](C[C@H]5O[C@]53[C@]12C)[C@H](C)C4=O. The first kappa shape index (κ1) is 18.1. The molecular weight excluding hydrogens is 344 g/mol. The molecule has 1 N–H and O–H groups in total. The van der Waals surface area contributed by atoms with E-state index in [2.05, 4.69) is 27.7 Å². The number of Topliss-reactive ketones (excluding diaryl/α,β-unsaturated/α-hetero) is 1. The highest BCUT2D eigenvalue weighted by Crippen LogP contribution is 2.80. The molecule has 0 amide bonds. The Kier molecular flexibility index (Phi) is 3.33. The third kappa shape index (κ3) is 1.80. The topological polar surface area (TPSA) is 76.1 Å². The molecule has 5 fully saturated rings. The summed E-state index contributed by atoms with van der Waals surface area (Å²) in [7, 11) is 0. The van der Waals surface area contributed by atoms with Crippen LogP contribution >= 0.6 is 0 Å². The van der Waals surface area contributed by atoms with Crippen LogP contribution in [-0.2, 0) is 19.1 Å². The number of carbonyl (C=O) groups excluding carboxylic acids is 2. The first-order chi connectivity index (χ1) is 12.5. The second kappa shape index (κ2) is 4.96. The van der Waals surface area contributed by atoms with Gasteiger partial charge in [-0.1, -0.05) is 27.7 Å². The summed E-state index contributed by atoms with van der Waals surface area (Å²) < 4.78 is 12.4. The van der Waals surface area contributed by atoms with Gasteiger partial charge >= 0.3 is 5.97 Å². The highest BCUT2D eigenvalue weighted by Gasteiger charge is 2.88. The van der Waals surface area contributed by atoms with Crippen LogP contribution in [0.3, 0.4) is 0 Å². The van der Waals surface area contributed by atoms with Gasteiger partial charge in [-0.3, -0.25) is 9.59 Å². The lowest BCUT2D eigenvalue weighted by Gasteiger charge is -2.65. The van der Waals surface area contributed by atoms with Gasteiger partial charge in [-0.05, 0) is 43.4 Å². The summed E-state index contributed by atoms with van der Waals surface area (Å²) >= 11 is 0. The van der Waals surface area contributed by atoms with Crippen molar-refractivity contribution >= 4 is 11.8 Å². The summed E-state index contributed by atoms with van der Waals surface area (Å²) in [6.07, 6.45) is 3.04. The standard InChI is InChI=1S/C22H32O5/c1-11-13-8-16-22(27-16)20(5)15(26-12(2)23)6-7-19(3,4)17(20)14(24)10-21(22,9-13)18(11)25/h11,13-17,24H,6-10H2,1-5H3/t11-,13+,14-,15-,16+,17+,20+,21+,22-/m0/s1. The number of fused-ring (bicyclic) bond motifs is 2. The van der Waals surface area contributed by atoms with Crippen molar-refractivity contribution in [3.63, 3.8) is 0 Å². The van der Waals surface area contributed by atoms with Crippen LogP contribution in [0.25, 0.3) is 0 Å². The Labute approximate surface area is 161 Å². The van der Waals surface area contributed by atoms with Crippen LogP contribution in [0.1, 0.15) is 66.7 Å². The van der Waals surface area contributed by atoms with Gasteiger partial charge < -0.3 is 14.6 Å². The zero-order valence-corrected chi connectivity index (χ0v) is 17.1. The molecule has 5 aliphatic rings. The van der Waals surface area contributed by atoms with E-state index in [9.17, 15) is 14.7 Å². The number of ketones is 1. The second-order valence-corrected chi connectivity index (χ2v) is 10.9. The number of esters is 1. The summed E-state index contributed by atoms with van der Waals surface area (Å²) in [6, 6.07) is 0. The van der Waals surface area contributed by atoms with Gasteiger partial charge in [-0.25, -0.2) is 0 Å². The predicted molar refractivity (Wildman–Crippen MR) is 97.7 cm³/mol. The number of hydrogen-bond acceptors (Lipinski definition) is 5. The molecule has 2 spiro atoms. The van der Waals surface area contributed by atoms with E-state index < -0.39 is 22.5 Å². The lowest BCUT2D eigenvalue weighted by Crippen LogP contribution is -2.72. The van der Waals surface area contributed by atoms with Crippen molar-refractivity contribution < 1.29 is 24.2 Å². The van der Waals surface area contributed by atoms with Gasteiger partial charge in [0, 0.05) is 24.2 Å². The molecule has 4 aliphatic carbocycles. The number of ether oxygens (including phenoxy) is 2. The van der Waals surface area contributed by atoms with Crippen LogP contribution in [0.5, 0.6) is 0 Å². The Morgan fingerprint density at radius 3 is 2.63 bits per heavy atom. The van der Waals surface area contributed by atoms with Gasteiger partial charge in [0.05, 0.1) is 17.6 Å². The molecular formula is C22H32O5. The molecule has 4 saturated carbocycles. The normalized spacial score (nSPS) is 57.3. The van der Waals surface area contributed by atoms with Crippen LogP contribution in [0.15, 0.2) is 0 Å². The molecule has 0 unspecified atom stereocenters. The zero-order chi connectivity index (χ0) is 19.6. The molecule has 5 nitrogen and oxygen atoms in total. The van der Waals surface area contributed by atoms with Crippen molar-refractivity contribution in [3.8, 4) is 0 Å². The van der Waals surface area contributed by atoms with E-state index in [-0.39, 0.29) is 41.2 Å². The molecule has 0 aromatic heterocycles. The third-order valence-corrected chi connectivity index (χ3v) is 9.41. The second-order valence-electron chi connectivity index (χ2n) is 10.9. The first-order valence-corrected chi connectivity index (χ1v) is 10.6. The minimum Gasteiger partial charge on any atom is -0.462 e.